The number of hydrogen-bond donors (Lipinski definition) is 0. The number of halogens is 1. The molecule has 2 rings (SSSR count). The average Bonchev–Trinajstić information content (AvgIpc) is 2.43. The Morgan fingerprint density at radius 2 is 2.32 bits per heavy atom. The number of rotatable bonds is 5. The van der Waals surface area contributed by atoms with E-state index in [9.17, 15) is 0 Å². The number of allylic oxidation sites excluding steroid dienone is 2. The summed E-state index contributed by atoms with van der Waals surface area (Å²) < 4.78 is 6.40. The topological polar surface area (TPSA) is 9.23 Å². The molecule has 0 radical (unpaired) electrons. The zero-order valence-electron chi connectivity index (χ0n) is 11.5. The van der Waals surface area contributed by atoms with Crippen LogP contribution in [0, 0.1) is 5.92 Å². The molecule has 0 N–H and O–H groups in total. The van der Waals surface area contributed by atoms with Crippen molar-refractivity contribution in [2.75, 3.05) is 7.11 Å². The van der Waals surface area contributed by atoms with E-state index in [2.05, 4.69) is 53.4 Å². The number of fused-ring (bicyclic) bond motifs is 1. The van der Waals surface area contributed by atoms with Crippen LogP contribution in [-0.2, 0) is 6.42 Å². The normalized spacial score (nSPS) is 21.6. The van der Waals surface area contributed by atoms with Gasteiger partial charge in [-0.1, -0.05) is 34.7 Å². The molecule has 102 valence electrons. The van der Waals surface area contributed by atoms with E-state index in [-0.39, 0.29) is 0 Å². The smallest absolute Gasteiger partial charge is 0.119 e. The fourth-order valence-electron chi connectivity index (χ4n) is 3.01. The van der Waals surface area contributed by atoms with E-state index in [1.165, 1.54) is 17.5 Å². The van der Waals surface area contributed by atoms with E-state index in [1.807, 2.05) is 0 Å². The summed E-state index contributed by atoms with van der Waals surface area (Å²) in [5.41, 5.74) is 2.90. The molecule has 2 atom stereocenters. The van der Waals surface area contributed by atoms with Crippen LogP contribution in [0.4, 0.5) is 0 Å². The van der Waals surface area contributed by atoms with E-state index >= 15 is 0 Å². The van der Waals surface area contributed by atoms with E-state index < -0.39 is 0 Å². The highest BCUT2D eigenvalue weighted by molar-refractivity contribution is 9.11. The third-order valence-corrected chi connectivity index (χ3v) is 4.44. The molecule has 0 bridgehead atoms. The summed E-state index contributed by atoms with van der Waals surface area (Å²) in [5, 5.41) is 0. The lowest BCUT2D eigenvalue weighted by Gasteiger charge is -2.32. The van der Waals surface area contributed by atoms with Gasteiger partial charge in [-0.25, -0.2) is 0 Å². The Bertz CT molecular complexity index is 478. The van der Waals surface area contributed by atoms with Gasteiger partial charge < -0.3 is 4.74 Å². The lowest BCUT2D eigenvalue weighted by atomic mass is 9.73. The molecular weight excluding hydrogens is 300 g/mol. The van der Waals surface area contributed by atoms with Crippen LogP contribution in [-0.4, -0.2) is 7.11 Å². The van der Waals surface area contributed by atoms with E-state index in [1.54, 1.807) is 7.11 Å². The third kappa shape index (κ3) is 3.30. The van der Waals surface area contributed by atoms with Gasteiger partial charge >= 0.3 is 0 Å². The highest BCUT2D eigenvalue weighted by atomic mass is 79.9. The van der Waals surface area contributed by atoms with Crippen molar-refractivity contribution in [2.24, 2.45) is 5.92 Å². The van der Waals surface area contributed by atoms with E-state index in [0.717, 1.165) is 29.5 Å². The van der Waals surface area contributed by atoms with Crippen LogP contribution in [0.1, 0.15) is 36.3 Å². The first-order valence-electron chi connectivity index (χ1n) is 6.78. The lowest BCUT2D eigenvalue weighted by molar-refractivity contribution is 0.404. The summed E-state index contributed by atoms with van der Waals surface area (Å²) in [5.74, 6) is 2.09. The van der Waals surface area contributed by atoms with Gasteiger partial charge in [0.25, 0.3) is 0 Å². The summed E-state index contributed by atoms with van der Waals surface area (Å²) in [4.78, 5) is 0. The molecule has 1 aliphatic rings. The second-order valence-corrected chi connectivity index (χ2v) is 6.29. The standard InChI is InChI=1S/C17H21BrO/c1-4-13-6-7-14-11-15(19-3)8-10-17(14)16(13)9-5-12(2)18/h4,8,10-11,13,16H,1-2,5-7,9H2,3H3/t13-,16+/m0/s1. The summed E-state index contributed by atoms with van der Waals surface area (Å²) in [6.07, 6.45) is 6.56. The molecule has 19 heavy (non-hydrogen) atoms. The van der Waals surface area contributed by atoms with Gasteiger partial charge in [-0.3, -0.25) is 0 Å². The van der Waals surface area contributed by atoms with Crippen molar-refractivity contribution in [3.63, 3.8) is 0 Å². The van der Waals surface area contributed by atoms with Crippen LogP contribution in [0.3, 0.4) is 0 Å². The van der Waals surface area contributed by atoms with Crippen molar-refractivity contribution in [1.82, 2.24) is 0 Å². The van der Waals surface area contributed by atoms with Crippen molar-refractivity contribution < 1.29 is 4.74 Å². The monoisotopic (exact) mass is 320 g/mol. The molecule has 1 aliphatic carbocycles. The van der Waals surface area contributed by atoms with Crippen molar-refractivity contribution in [3.8, 4) is 5.75 Å². The number of methoxy groups -OCH3 is 1. The molecular formula is C17H21BrO. The van der Waals surface area contributed by atoms with Gasteiger partial charge in [0, 0.05) is 0 Å². The average molecular weight is 321 g/mol. The maximum Gasteiger partial charge on any atom is 0.119 e. The Morgan fingerprint density at radius 3 is 2.95 bits per heavy atom. The summed E-state index contributed by atoms with van der Waals surface area (Å²) >= 11 is 3.47. The maximum absolute atomic E-state index is 5.33. The van der Waals surface area contributed by atoms with Gasteiger partial charge in [-0.05, 0) is 65.3 Å². The molecule has 1 aromatic carbocycles. The largest absolute Gasteiger partial charge is 0.497 e. The first kappa shape index (κ1) is 14.4. The Kier molecular flexibility index (Phi) is 4.87. The van der Waals surface area contributed by atoms with Crippen LogP contribution in [0.25, 0.3) is 0 Å². The third-order valence-electron chi connectivity index (χ3n) is 4.04. The minimum atomic E-state index is 0.557. The van der Waals surface area contributed by atoms with Crippen LogP contribution < -0.4 is 4.74 Å². The quantitative estimate of drug-likeness (QED) is 0.676. The molecule has 0 heterocycles. The van der Waals surface area contributed by atoms with Crippen molar-refractivity contribution >= 4 is 15.9 Å². The predicted molar refractivity (Wildman–Crippen MR) is 85.0 cm³/mol. The first-order chi connectivity index (χ1) is 9.15. The van der Waals surface area contributed by atoms with Gasteiger partial charge in [-0.15, -0.1) is 6.58 Å². The van der Waals surface area contributed by atoms with E-state index in [4.69, 9.17) is 4.74 Å². The summed E-state index contributed by atoms with van der Waals surface area (Å²) in [6.45, 7) is 7.95. The van der Waals surface area contributed by atoms with Gasteiger partial charge in [0.2, 0.25) is 0 Å². The molecule has 1 aromatic rings. The van der Waals surface area contributed by atoms with Gasteiger partial charge in [-0.2, -0.15) is 0 Å². The van der Waals surface area contributed by atoms with Crippen molar-refractivity contribution in [3.05, 3.63) is 53.0 Å². The van der Waals surface area contributed by atoms with Crippen LogP contribution in [0.2, 0.25) is 0 Å². The highest BCUT2D eigenvalue weighted by Crippen LogP contribution is 2.41. The minimum absolute atomic E-state index is 0.557. The van der Waals surface area contributed by atoms with Gasteiger partial charge in [0.1, 0.15) is 5.75 Å². The van der Waals surface area contributed by atoms with Gasteiger partial charge in [0.15, 0.2) is 0 Å². The maximum atomic E-state index is 5.33. The predicted octanol–water partition coefficient (Wildman–Crippen LogP) is 5.22. The first-order valence-corrected chi connectivity index (χ1v) is 7.57. The SMILES string of the molecule is C=C[C@H]1CCc2cc(OC)ccc2[C@@H]1CCC(=C)Br. The van der Waals surface area contributed by atoms with Gasteiger partial charge in [0.05, 0.1) is 7.11 Å². The fraction of sp³-hybridized carbons (Fsp3) is 0.412. The van der Waals surface area contributed by atoms with E-state index in [0.29, 0.717) is 11.8 Å². The van der Waals surface area contributed by atoms with Crippen LogP contribution >= 0.6 is 15.9 Å². The fourth-order valence-corrected chi connectivity index (χ4v) is 3.23. The van der Waals surface area contributed by atoms with Crippen molar-refractivity contribution in [2.45, 2.75) is 31.6 Å². The van der Waals surface area contributed by atoms with Crippen LogP contribution in [0.5, 0.6) is 5.75 Å². The molecule has 0 fully saturated rings. The number of benzene rings is 1. The molecule has 0 aliphatic heterocycles. The minimum Gasteiger partial charge on any atom is -0.497 e. The molecule has 0 saturated carbocycles. The number of hydrogen-bond acceptors (Lipinski definition) is 1. The Labute approximate surface area is 124 Å². The zero-order chi connectivity index (χ0) is 13.8. The molecule has 0 unspecified atom stereocenters. The Balaban J connectivity index is 2.28. The molecule has 0 spiro atoms. The number of ether oxygens (including phenoxy) is 1. The lowest BCUT2D eigenvalue weighted by Crippen LogP contribution is -2.19. The number of aryl methyl sites for hydroxylation is 1. The van der Waals surface area contributed by atoms with Crippen molar-refractivity contribution in [1.29, 1.82) is 0 Å². The Morgan fingerprint density at radius 1 is 1.53 bits per heavy atom. The second kappa shape index (κ2) is 6.42. The Hall–Kier alpha value is -1.02. The van der Waals surface area contributed by atoms with Crippen LogP contribution in [0.15, 0.2) is 41.9 Å². The second-order valence-electron chi connectivity index (χ2n) is 5.17. The summed E-state index contributed by atoms with van der Waals surface area (Å²) in [7, 11) is 1.73. The molecule has 0 saturated heterocycles. The highest BCUT2D eigenvalue weighted by Gasteiger charge is 2.27. The molecule has 1 nitrogen and oxygen atoms in total. The molecule has 2 heteroatoms. The zero-order valence-corrected chi connectivity index (χ0v) is 13.1. The summed E-state index contributed by atoms with van der Waals surface area (Å²) in [6, 6.07) is 6.48. The molecule has 0 amide bonds. The molecule has 0 aromatic heterocycles.